The molecule has 13 heteroatoms. The number of esters is 2. The van der Waals surface area contributed by atoms with Gasteiger partial charge in [0.05, 0.1) is 6.61 Å². The molecule has 1 heterocycles. The van der Waals surface area contributed by atoms with E-state index >= 15 is 0 Å². The monoisotopic (exact) mass is 835 g/mol. The highest BCUT2D eigenvalue weighted by molar-refractivity contribution is 7.85. The topological polar surface area (TPSA) is 186 Å². The van der Waals surface area contributed by atoms with Crippen molar-refractivity contribution in [2.24, 2.45) is 0 Å². The summed E-state index contributed by atoms with van der Waals surface area (Å²) < 4.78 is 54.0. The number of carbonyl (C=O) groups excluding carboxylic acids is 2. The van der Waals surface area contributed by atoms with Gasteiger partial charge in [0, 0.05) is 12.8 Å². The van der Waals surface area contributed by atoms with Crippen LogP contribution >= 0.6 is 0 Å². The molecule has 0 spiro atoms. The number of unbranched alkanes of at least 4 members (excludes halogenated alkanes) is 24. The van der Waals surface area contributed by atoms with Crippen molar-refractivity contribution >= 4 is 22.1 Å². The van der Waals surface area contributed by atoms with Crippen molar-refractivity contribution in [1.29, 1.82) is 0 Å². The molecule has 57 heavy (non-hydrogen) atoms. The van der Waals surface area contributed by atoms with Crippen molar-refractivity contribution in [3.8, 4) is 0 Å². The molecule has 1 aliphatic rings. The Morgan fingerprint density at radius 1 is 0.579 bits per heavy atom. The van der Waals surface area contributed by atoms with E-state index in [0.717, 1.165) is 44.9 Å². The van der Waals surface area contributed by atoms with Crippen LogP contribution in [0.3, 0.4) is 0 Å². The van der Waals surface area contributed by atoms with E-state index in [1.807, 2.05) is 0 Å². The Balaban J connectivity index is 2.42. The molecule has 1 rings (SSSR count). The first-order valence-electron chi connectivity index (χ1n) is 22.7. The molecular weight excluding hydrogens is 753 g/mol. The SMILES string of the molecule is CCCCCCCC/C=C/CCCCCCCCCC(=O)OC[C@H](CO[C@H]1O[C@H](CS(=O)(=O)O)[C@@H](O)C(O)C1O)OC(=O)CCCCCCCCCCCCCC. The number of aliphatic hydroxyl groups is 3. The number of rotatable bonds is 38. The van der Waals surface area contributed by atoms with Crippen LogP contribution in [-0.4, -0.2) is 96.0 Å². The Labute approximate surface area is 346 Å². The zero-order chi connectivity index (χ0) is 42.0. The van der Waals surface area contributed by atoms with Crippen LogP contribution in [0.2, 0.25) is 0 Å². The molecule has 12 nitrogen and oxygen atoms in total. The van der Waals surface area contributed by atoms with E-state index in [1.165, 1.54) is 116 Å². The molecule has 0 bridgehead atoms. The van der Waals surface area contributed by atoms with E-state index in [-0.39, 0.29) is 19.4 Å². The molecule has 0 aromatic carbocycles. The third kappa shape index (κ3) is 30.1. The van der Waals surface area contributed by atoms with Crippen LogP contribution in [0.15, 0.2) is 12.2 Å². The largest absolute Gasteiger partial charge is 0.462 e. The number of ether oxygens (including phenoxy) is 4. The number of carbonyl (C=O) groups is 2. The van der Waals surface area contributed by atoms with Gasteiger partial charge < -0.3 is 34.3 Å². The van der Waals surface area contributed by atoms with Crippen LogP contribution in [0.5, 0.6) is 0 Å². The molecule has 0 aliphatic carbocycles. The summed E-state index contributed by atoms with van der Waals surface area (Å²) in [5.74, 6) is -1.98. The lowest BCUT2D eigenvalue weighted by atomic mass is 10.00. The number of hydrogen-bond acceptors (Lipinski definition) is 11. The minimum Gasteiger partial charge on any atom is -0.462 e. The summed E-state index contributed by atoms with van der Waals surface area (Å²) in [6.45, 7) is 3.75. The Morgan fingerprint density at radius 3 is 1.46 bits per heavy atom. The van der Waals surface area contributed by atoms with Gasteiger partial charge in [-0.3, -0.25) is 14.1 Å². The van der Waals surface area contributed by atoms with Crippen LogP contribution in [0.1, 0.15) is 200 Å². The second kappa shape index (κ2) is 35.2. The van der Waals surface area contributed by atoms with E-state index in [9.17, 15) is 37.9 Å². The Kier molecular flexibility index (Phi) is 33.0. The third-order valence-electron chi connectivity index (χ3n) is 10.6. The van der Waals surface area contributed by atoms with E-state index in [2.05, 4.69) is 26.0 Å². The molecule has 2 unspecified atom stereocenters. The number of aliphatic hydroxyl groups excluding tert-OH is 3. The Morgan fingerprint density at radius 2 is 1.00 bits per heavy atom. The highest BCUT2D eigenvalue weighted by atomic mass is 32.2. The zero-order valence-electron chi connectivity index (χ0n) is 35.7. The lowest BCUT2D eigenvalue weighted by Crippen LogP contribution is -2.60. The molecule has 0 radical (unpaired) electrons. The van der Waals surface area contributed by atoms with Crippen LogP contribution in [-0.2, 0) is 38.7 Å². The molecule has 0 saturated carbocycles. The average Bonchev–Trinajstić information content (AvgIpc) is 3.17. The highest BCUT2D eigenvalue weighted by Gasteiger charge is 2.46. The number of hydrogen-bond donors (Lipinski definition) is 4. The summed E-state index contributed by atoms with van der Waals surface area (Å²) in [4.78, 5) is 25.4. The summed E-state index contributed by atoms with van der Waals surface area (Å²) in [6, 6.07) is 0. The molecule has 4 N–H and O–H groups in total. The molecule has 1 aliphatic heterocycles. The normalized spacial score (nSPS) is 20.6. The predicted molar refractivity (Wildman–Crippen MR) is 224 cm³/mol. The fraction of sp³-hybridized carbons (Fsp3) is 0.909. The van der Waals surface area contributed by atoms with Crippen molar-refractivity contribution in [3.63, 3.8) is 0 Å². The molecule has 1 fully saturated rings. The summed E-state index contributed by atoms with van der Waals surface area (Å²) in [7, 11) is -4.60. The first-order chi connectivity index (χ1) is 27.5. The van der Waals surface area contributed by atoms with Crippen LogP contribution < -0.4 is 0 Å². The predicted octanol–water partition coefficient (Wildman–Crippen LogP) is 9.06. The van der Waals surface area contributed by atoms with Crippen molar-refractivity contribution in [1.82, 2.24) is 0 Å². The van der Waals surface area contributed by atoms with Gasteiger partial charge in [0.2, 0.25) is 0 Å². The van der Waals surface area contributed by atoms with Crippen molar-refractivity contribution < 1.29 is 56.8 Å². The van der Waals surface area contributed by atoms with Gasteiger partial charge in [-0.25, -0.2) is 0 Å². The van der Waals surface area contributed by atoms with Gasteiger partial charge in [0.15, 0.2) is 12.4 Å². The first kappa shape index (κ1) is 53.4. The molecule has 0 amide bonds. The van der Waals surface area contributed by atoms with Gasteiger partial charge in [-0.1, -0.05) is 161 Å². The summed E-state index contributed by atoms with van der Waals surface area (Å²) in [5, 5.41) is 30.8. The lowest BCUT2D eigenvalue weighted by molar-refractivity contribution is -0.297. The van der Waals surface area contributed by atoms with Crippen LogP contribution in [0.25, 0.3) is 0 Å². The van der Waals surface area contributed by atoms with Gasteiger partial charge in [-0.2, -0.15) is 8.42 Å². The highest BCUT2D eigenvalue weighted by Crippen LogP contribution is 2.24. The van der Waals surface area contributed by atoms with Gasteiger partial charge in [0.1, 0.15) is 36.8 Å². The molecule has 336 valence electrons. The quantitative estimate of drug-likeness (QED) is 0.0200. The second-order valence-electron chi connectivity index (χ2n) is 16.1. The maximum Gasteiger partial charge on any atom is 0.306 e. The van der Waals surface area contributed by atoms with Gasteiger partial charge in [0.25, 0.3) is 10.1 Å². The minimum absolute atomic E-state index is 0.168. The van der Waals surface area contributed by atoms with Gasteiger partial charge in [-0.05, 0) is 38.5 Å². The van der Waals surface area contributed by atoms with E-state index in [4.69, 9.17) is 18.9 Å². The van der Waals surface area contributed by atoms with Crippen molar-refractivity contribution in [2.75, 3.05) is 19.0 Å². The van der Waals surface area contributed by atoms with Gasteiger partial charge in [-0.15, -0.1) is 0 Å². The van der Waals surface area contributed by atoms with Crippen molar-refractivity contribution in [2.45, 2.75) is 237 Å². The lowest BCUT2D eigenvalue weighted by Gasteiger charge is -2.40. The Bertz CT molecular complexity index is 1120. The molecule has 1 saturated heterocycles. The summed E-state index contributed by atoms with van der Waals surface area (Å²) in [5.41, 5.74) is 0. The molecular formula is C44H82O12S. The second-order valence-corrected chi connectivity index (χ2v) is 17.6. The smallest absolute Gasteiger partial charge is 0.306 e. The molecule has 0 aromatic rings. The van der Waals surface area contributed by atoms with Crippen LogP contribution in [0, 0.1) is 0 Å². The van der Waals surface area contributed by atoms with Gasteiger partial charge >= 0.3 is 11.9 Å². The fourth-order valence-corrected chi connectivity index (χ4v) is 7.72. The first-order valence-corrected chi connectivity index (χ1v) is 24.4. The van der Waals surface area contributed by atoms with E-state index < -0.39 is 71.2 Å². The molecule has 0 aromatic heterocycles. The zero-order valence-corrected chi connectivity index (χ0v) is 36.5. The summed E-state index contributed by atoms with van der Waals surface area (Å²) in [6.07, 6.45) is 26.9. The fourth-order valence-electron chi connectivity index (χ4n) is 7.02. The minimum atomic E-state index is -4.60. The van der Waals surface area contributed by atoms with E-state index in [1.54, 1.807) is 0 Å². The maximum atomic E-state index is 12.8. The van der Waals surface area contributed by atoms with Crippen molar-refractivity contribution in [3.05, 3.63) is 12.2 Å². The number of allylic oxidation sites excluding steroid dienone is 2. The maximum absolute atomic E-state index is 12.8. The molecule has 6 atom stereocenters. The van der Waals surface area contributed by atoms with Crippen LogP contribution in [0.4, 0.5) is 0 Å². The average molecular weight is 835 g/mol. The third-order valence-corrected chi connectivity index (χ3v) is 11.3. The standard InChI is InChI=1S/C44H82O12S/c1-3-5-7-9-11-13-15-17-18-19-20-21-23-24-26-28-30-32-39(45)53-34-37(35-54-44-43(49)42(48)41(47)38(56-44)36-57(50,51)52)55-40(46)33-31-29-27-25-22-16-14-12-10-8-6-4-2/h17-18,37-38,41-44,47-49H,3-16,19-36H2,1-2H3,(H,50,51,52)/b18-17+/t37-,38-,41-,42?,43?,44+/m1/s1. The van der Waals surface area contributed by atoms with E-state index in [0.29, 0.717) is 12.8 Å². The Hall–Kier alpha value is -1.61. The summed E-state index contributed by atoms with van der Waals surface area (Å²) >= 11 is 0.